The van der Waals surface area contributed by atoms with Gasteiger partial charge < -0.3 is 6.08 Å². The second-order valence-electron chi connectivity index (χ2n) is 1.36. The van der Waals surface area contributed by atoms with Crippen LogP contribution >= 0.6 is 0 Å². The van der Waals surface area contributed by atoms with Crippen molar-refractivity contribution in [3.05, 3.63) is 12.7 Å². The number of hydrogen-bond acceptors (Lipinski definition) is 0. The molecule has 0 aliphatic rings. The molecule has 30 valence electrons. The second kappa shape index (κ2) is 5.34. The van der Waals surface area contributed by atoms with Crippen molar-refractivity contribution in [2.75, 3.05) is 0 Å². The summed E-state index contributed by atoms with van der Waals surface area (Å²) in [7, 11) is 0. The Bertz CT molecular complexity index is 30.9. The third kappa shape index (κ3) is 8.84. The fraction of sp³-hybridized carbons (Fsp3) is 0.600. The molecule has 0 aromatic heterocycles. The van der Waals surface area contributed by atoms with E-state index in [0.29, 0.717) is 5.92 Å². The summed E-state index contributed by atoms with van der Waals surface area (Å²) in [6.45, 7) is 7.53. The van der Waals surface area contributed by atoms with Crippen LogP contribution in [0.5, 0.6) is 0 Å². The topological polar surface area (TPSA) is 0 Å². The van der Waals surface area contributed by atoms with Gasteiger partial charge in [-0.25, -0.2) is 0 Å². The minimum atomic E-state index is 0. The van der Waals surface area contributed by atoms with E-state index >= 15 is 0 Å². The molecule has 0 rings (SSSR count). The quantitative estimate of drug-likeness (QED) is 0.267. The molecule has 0 radical (unpaired) electrons. The zero-order chi connectivity index (χ0) is 4.28. The van der Waals surface area contributed by atoms with Crippen LogP contribution in [0.4, 0.5) is 0 Å². The Kier molecular flexibility index (Phi) is 8.54. The maximum Gasteiger partial charge on any atom is 1.00 e. The molecule has 0 atom stereocenters. The van der Waals surface area contributed by atoms with Gasteiger partial charge in [0.05, 0.1) is 0 Å². The standard InChI is InChI=1S/C5H9.Li/c1-4-5(2)3;/h5H,1H2,2-3H3;/q-1;+1. The van der Waals surface area contributed by atoms with Crippen LogP contribution < -0.4 is 18.9 Å². The van der Waals surface area contributed by atoms with Crippen molar-refractivity contribution in [3.8, 4) is 0 Å². The Balaban J connectivity index is 0. The van der Waals surface area contributed by atoms with Crippen LogP contribution in [0, 0.1) is 12.0 Å². The molecule has 0 aromatic rings. The van der Waals surface area contributed by atoms with Gasteiger partial charge in [0.25, 0.3) is 0 Å². The average Bonchev–Trinajstić information content (AvgIpc) is 1.38. The van der Waals surface area contributed by atoms with Crippen LogP contribution in [0.15, 0.2) is 6.58 Å². The van der Waals surface area contributed by atoms with Gasteiger partial charge in [-0.05, 0) is 0 Å². The van der Waals surface area contributed by atoms with Crippen molar-refractivity contribution in [1.82, 2.24) is 0 Å². The molecular weight excluding hydrogens is 67.0 g/mol. The van der Waals surface area contributed by atoms with Crippen molar-refractivity contribution in [2.24, 2.45) is 5.92 Å². The van der Waals surface area contributed by atoms with Crippen LogP contribution in [0.1, 0.15) is 13.8 Å². The molecule has 0 aromatic carbocycles. The van der Waals surface area contributed by atoms with Crippen LogP contribution in [-0.4, -0.2) is 0 Å². The van der Waals surface area contributed by atoms with E-state index in [-0.39, 0.29) is 18.9 Å². The Morgan fingerprint density at radius 1 is 1.50 bits per heavy atom. The summed E-state index contributed by atoms with van der Waals surface area (Å²) < 4.78 is 0. The van der Waals surface area contributed by atoms with Crippen LogP contribution in [0.3, 0.4) is 0 Å². The number of rotatable bonds is 1. The summed E-state index contributed by atoms with van der Waals surface area (Å²) in [4.78, 5) is 0. The Labute approximate surface area is 51.8 Å². The third-order valence-corrected chi connectivity index (χ3v) is 0.408. The molecule has 0 saturated carbocycles. The molecule has 0 nitrogen and oxygen atoms in total. The Morgan fingerprint density at radius 3 is 1.67 bits per heavy atom. The van der Waals surface area contributed by atoms with Crippen LogP contribution in [0.2, 0.25) is 0 Å². The fourth-order valence-corrected chi connectivity index (χ4v) is 0. The first-order valence-electron chi connectivity index (χ1n) is 1.80. The molecule has 0 fully saturated rings. The third-order valence-electron chi connectivity index (χ3n) is 0.408. The van der Waals surface area contributed by atoms with E-state index in [1.165, 1.54) is 0 Å². The van der Waals surface area contributed by atoms with Gasteiger partial charge in [0.1, 0.15) is 0 Å². The molecule has 0 aliphatic carbocycles. The summed E-state index contributed by atoms with van der Waals surface area (Å²) >= 11 is 0. The van der Waals surface area contributed by atoms with Crippen molar-refractivity contribution >= 4 is 0 Å². The van der Waals surface area contributed by atoms with Gasteiger partial charge in [-0.3, -0.25) is 6.58 Å². The van der Waals surface area contributed by atoms with Gasteiger partial charge in [0, 0.05) is 0 Å². The Hall–Kier alpha value is 0.337. The van der Waals surface area contributed by atoms with Gasteiger partial charge in [-0.1, -0.05) is 13.8 Å². The molecular formula is C5H9Li. The van der Waals surface area contributed by atoms with E-state index in [0.717, 1.165) is 0 Å². The zero-order valence-corrected chi connectivity index (χ0v) is 4.78. The summed E-state index contributed by atoms with van der Waals surface area (Å²) in [6.07, 6.45) is 2.78. The first-order chi connectivity index (χ1) is 2.27. The normalized spacial score (nSPS) is 7.17. The van der Waals surface area contributed by atoms with Crippen LogP contribution in [0.25, 0.3) is 0 Å². The van der Waals surface area contributed by atoms with Gasteiger partial charge in [0.2, 0.25) is 0 Å². The largest absolute Gasteiger partial charge is 1.00 e. The molecule has 0 bridgehead atoms. The zero-order valence-electron chi connectivity index (χ0n) is 4.78. The van der Waals surface area contributed by atoms with E-state index in [2.05, 4.69) is 12.7 Å². The summed E-state index contributed by atoms with van der Waals surface area (Å²) in [5.74, 6) is 0.523. The van der Waals surface area contributed by atoms with E-state index < -0.39 is 0 Å². The average molecular weight is 76.1 g/mol. The van der Waals surface area contributed by atoms with Gasteiger partial charge in [-0.15, -0.1) is 0 Å². The smallest absolute Gasteiger partial charge is 0.501 e. The van der Waals surface area contributed by atoms with Gasteiger partial charge in [0.15, 0.2) is 0 Å². The first-order valence-corrected chi connectivity index (χ1v) is 1.80. The maximum absolute atomic E-state index is 3.44. The second-order valence-corrected chi connectivity index (χ2v) is 1.36. The molecule has 6 heavy (non-hydrogen) atoms. The van der Waals surface area contributed by atoms with Gasteiger partial charge >= 0.3 is 18.9 Å². The van der Waals surface area contributed by atoms with E-state index in [4.69, 9.17) is 0 Å². The molecule has 0 aliphatic heterocycles. The molecule has 1 heteroatoms. The summed E-state index contributed by atoms with van der Waals surface area (Å²) in [6, 6.07) is 0. The molecule has 0 spiro atoms. The van der Waals surface area contributed by atoms with E-state index in [1.807, 2.05) is 13.8 Å². The summed E-state index contributed by atoms with van der Waals surface area (Å²) in [5, 5.41) is 0. The minimum absolute atomic E-state index is 0. The first kappa shape index (κ1) is 9.60. The minimum Gasteiger partial charge on any atom is -0.501 e. The van der Waals surface area contributed by atoms with Crippen molar-refractivity contribution in [3.63, 3.8) is 0 Å². The SMILES string of the molecule is C=[C-]C(C)C.[Li+]. The molecule has 0 amide bonds. The monoisotopic (exact) mass is 76.1 g/mol. The maximum atomic E-state index is 3.44. The fourth-order valence-electron chi connectivity index (χ4n) is 0. The van der Waals surface area contributed by atoms with Crippen molar-refractivity contribution in [1.29, 1.82) is 0 Å². The van der Waals surface area contributed by atoms with Crippen molar-refractivity contribution < 1.29 is 18.9 Å². The molecule has 0 saturated heterocycles. The van der Waals surface area contributed by atoms with E-state index in [9.17, 15) is 0 Å². The molecule has 0 unspecified atom stereocenters. The van der Waals surface area contributed by atoms with E-state index in [1.54, 1.807) is 0 Å². The number of allylic oxidation sites excluding steroid dienone is 1. The van der Waals surface area contributed by atoms with Crippen molar-refractivity contribution in [2.45, 2.75) is 13.8 Å². The molecule has 0 N–H and O–H groups in total. The number of hydrogen-bond donors (Lipinski definition) is 0. The van der Waals surface area contributed by atoms with Crippen LogP contribution in [-0.2, 0) is 0 Å². The Morgan fingerprint density at radius 2 is 1.67 bits per heavy atom. The summed E-state index contributed by atoms with van der Waals surface area (Å²) in [5.41, 5.74) is 0. The van der Waals surface area contributed by atoms with Gasteiger partial charge in [-0.2, -0.15) is 5.92 Å². The molecule has 0 heterocycles. The predicted molar refractivity (Wildman–Crippen MR) is 23.7 cm³/mol. The predicted octanol–water partition coefficient (Wildman–Crippen LogP) is -1.36.